The molecule has 0 fully saturated rings. The molecule has 1 heteroatoms. The molecule has 0 aliphatic rings. The summed E-state index contributed by atoms with van der Waals surface area (Å²) in [5.41, 5.74) is 0. The fourth-order valence-corrected chi connectivity index (χ4v) is 5.48. The molecule has 0 unspecified atom stereocenters. The van der Waals surface area contributed by atoms with Gasteiger partial charge in [0.05, 0.1) is 0 Å². The molecule has 0 aromatic heterocycles. The smallest absolute Gasteiger partial charge is 0.00163 e. The summed E-state index contributed by atoms with van der Waals surface area (Å²) in [5, 5.41) is 0. The maximum Gasteiger partial charge on any atom is -0.00163 e. The third-order valence-corrected chi connectivity index (χ3v) is 8.18. The predicted molar refractivity (Wildman–Crippen MR) is 167 cm³/mol. The summed E-state index contributed by atoms with van der Waals surface area (Å²) >= 11 is 0. The fraction of sp³-hybridized carbons (Fsp3) is 1.00. The molecule has 36 heavy (non-hydrogen) atoms. The molecule has 218 valence electrons. The van der Waals surface area contributed by atoms with Gasteiger partial charge in [0.15, 0.2) is 0 Å². The molecule has 0 rings (SSSR count). The van der Waals surface area contributed by atoms with Crippen LogP contribution in [0.15, 0.2) is 0 Å². The second-order valence-electron chi connectivity index (χ2n) is 12.5. The van der Waals surface area contributed by atoms with Crippen molar-refractivity contribution in [3.8, 4) is 0 Å². The molecular formula is C35H73N. The first-order valence-corrected chi connectivity index (χ1v) is 17.4. The molecule has 0 aromatic rings. The molecule has 0 amide bonds. The van der Waals surface area contributed by atoms with Gasteiger partial charge < -0.3 is 4.90 Å². The molecule has 0 aliphatic carbocycles. The van der Waals surface area contributed by atoms with E-state index in [4.69, 9.17) is 0 Å². The Labute approximate surface area is 231 Å². The quantitative estimate of drug-likeness (QED) is 0.0843. The number of nitrogens with zero attached hydrogens (tertiary/aromatic N) is 1. The van der Waals surface area contributed by atoms with Crippen molar-refractivity contribution in [2.45, 2.75) is 201 Å². The molecular weight excluding hydrogens is 434 g/mol. The number of unbranched alkanes of at least 4 members (excludes halogenated alkanes) is 24. The van der Waals surface area contributed by atoms with E-state index in [0.29, 0.717) is 0 Å². The molecule has 0 atom stereocenters. The monoisotopic (exact) mass is 508 g/mol. The second kappa shape index (κ2) is 31.2. The first-order chi connectivity index (χ1) is 17.7. The molecule has 0 radical (unpaired) electrons. The summed E-state index contributed by atoms with van der Waals surface area (Å²) in [4.78, 5) is 2.80. The average Bonchev–Trinajstić information content (AvgIpc) is 2.87. The highest BCUT2D eigenvalue weighted by Crippen LogP contribution is 2.15. The van der Waals surface area contributed by atoms with Gasteiger partial charge in [0.25, 0.3) is 0 Å². The summed E-state index contributed by atoms with van der Waals surface area (Å²) in [6, 6.07) is 0. The normalized spacial score (nSPS) is 11.8. The average molecular weight is 508 g/mol. The van der Waals surface area contributed by atoms with Gasteiger partial charge >= 0.3 is 0 Å². The van der Waals surface area contributed by atoms with Gasteiger partial charge in [-0.15, -0.1) is 0 Å². The van der Waals surface area contributed by atoms with Crippen LogP contribution in [0.4, 0.5) is 0 Å². The minimum absolute atomic E-state index is 0.839. The van der Waals surface area contributed by atoms with Crippen molar-refractivity contribution in [3.63, 3.8) is 0 Å². The third kappa shape index (κ3) is 30.2. The second-order valence-corrected chi connectivity index (χ2v) is 12.5. The lowest BCUT2D eigenvalue weighted by Gasteiger charge is -2.23. The molecule has 0 saturated heterocycles. The van der Waals surface area contributed by atoms with Crippen molar-refractivity contribution < 1.29 is 0 Å². The van der Waals surface area contributed by atoms with E-state index >= 15 is 0 Å². The van der Waals surface area contributed by atoms with Crippen molar-refractivity contribution in [1.29, 1.82) is 0 Å². The molecule has 0 saturated carbocycles. The molecule has 1 nitrogen and oxygen atoms in total. The van der Waals surface area contributed by atoms with E-state index in [0.717, 1.165) is 5.92 Å². The lowest BCUT2D eigenvalue weighted by molar-refractivity contribution is 0.246. The Balaban J connectivity index is 3.58. The van der Waals surface area contributed by atoms with Crippen LogP contribution < -0.4 is 0 Å². The van der Waals surface area contributed by atoms with Gasteiger partial charge in [-0.2, -0.15) is 0 Å². The largest absolute Gasteiger partial charge is 0.303 e. The van der Waals surface area contributed by atoms with Crippen LogP contribution in [0.25, 0.3) is 0 Å². The van der Waals surface area contributed by atoms with Gasteiger partial charge in [0.2, 0.25) is 0 Å². The highest BCUT2D eigenvalue weighted by Gasteiger charge is 2.06. The minimum atomic E-state index is 0.839. The Bertz CT molecular complexity index is 347. The Hall–Kier alpha value is -0.0400. The van der Waals surface area contributed by atoms with Crippen LogP contribution in [0, 0.1) is 5.92 Å². The van der Waals surface area contributed by atoms with E-state index < -0.39 is 0 Å². The molecule has 0 bridgehead atoms. The Morgan fingerprint density at radius 2 is 0.583 bits per heavy atom. The third-order valence-electron chi connectivity index (χ3n) is 8.18. The zero-order valence-electron chi connectivity index (χ0n) is 26.2. The van der Waals surface area contributed by atoms with Crippen molar-refractivity contribution in [3.05, 3.63) is 0 Å². The Morgan fingerprint density at radius 3 is 0.833 bits per heavy atom. The summed E-state index contributed by atoms with van der Waals surface area (Å²) in [7, 11) is 0. The van der Waals surface area contributed by atoms with Crippen molar-refractivity contribution >= 4 is 0 Å². The lowest BCUT2D eigenvalue weighted by atomic mass is 10.0. The van der Waals surface area contributed by atoms with E-state index in [9.17, 15) is 0 Å². The predicted octanol–water partition coefficient (Wildman–Crippen LogP) is 12.5. The van der Waals surface area contributed by atoms with Gasteiger partial charge in [-0.25, -0.2) is 0 Å². The van der Waals surface area contributed by atoms with E-state index in [1.54, 1.807) is 0 Å². The zero-order valence-corrected chi connectivity index (χ0v) is 26.2. The molecule has 0 N–H and O–H groups in total. The SMILES string of the molecule is CCCCCCCCCCCCCCCN(CCCCCCCCCCCCCCC)CCC(C)C. The van der Waals surface area contributed by atoms with E-state index in [-0.39, 0.29) is 0 Å². The number of hydrogen-bond acceptors (Lipinski definition) is 1. The lowest BCUT2D eigenvalue weighted by Crippen LogP contribution is -2.28. The van der Waals surface area contributed by atoms with Crippen molar-refractivity contribution in [1.82, 2.24) is 4.90 Å². The van der Waals surface area contributed by atoms with E-state index in [1.165, 1.54) is 193 Å². The zero-order chi connectivity index (χ0) is 26.4. The van der Waals surface area contributed by atoms with Gasteiger partial charge in [-0.3, -0.25) is 0 Å². The van der Waals surface area contributed by atoms with Crippen LogP contribution >= 0.6 is 0 Å². The van der Waals surface area contributed by atoms with Crippen LogP contribution in [-0.2, 0) is 0 Å². The summed E-state index contributed by atoms with van der Waals surface area (Å²) < 4.78 is 0. The van der Waals surface area contributed by atoms with Gasteiger partial charge in [-0.1, -0.05) is 182 Å². The maximum atomic E-state index is 2.80. The highest BCUT2D eigenvalue weighted by molar-refractivity contribution is 4.61. The van der Waals surface area contributed by atoms with E-state index in [2.05, 4.69) is 32.6 Å². The molecule has 0 spiro atoms. The number of rotatable bonds is 31. The van der Waals surface area contributed by atoms with Gasteiger partial charge in [0, 0.05) is 0 Å². The Morgan fingerprint density at radius 1 is 0.333 bits per heavy atom. The van der Waals surface area contributed by atoms with Crippen LogP contribution in [0.5, 0.6) is 0 Å². The molecule has 0 aromatic carbocycles. The van der Waals surface area contributed by atoms with Crippen LogP contribution in [0.1, 0.15) is 201 Å². The minimum Gasteiger partial charge on any atom is -0.303 e. The van der Waals surface area contributed by atoms with Crippen molar-refractivity contribution in [2.75, 3.05) is 19.6 Å². The van der Waals surface area contributed by atoms with Crippen molar-refractivity contribution in [2.24, 2.45) is 5.92 Å². The number of hydrogen-bond donors (Lipinski definition) is 0. The highest BCUT2D eigenvalue weighted by atomic mass is 15.1. The van der Waals surface area contributed by atoms with Crippen LogP contribution in [0.2, 0.25) is 0 Å². The first-order valence-electron chi connectivity index (χ1n) is 17.4. The van der Waals surface area contributed by atoms with Gasteiger partial charge in [0.1, 0.15) is 0 Å². The standard InChI is InChI=1S/C35H73N/c1-5-7-9-11-13-15-17-19-21-23-25-27-29-32-36(34-31-35(3)4)33-30-28-26-24-22-20-18-16-14-12-10-8-6-2/h35H,5-34H2,1-4H3. The van der Waals surface area contributed by atoms with Crippen LogP contribution in [0.3, 0.4) is 0 Å². The molecule has 0 aliphatic heterocycles. The van der Waals surface area contributed by atoms with E-state index in [1.807, 2.05) is 0 Å². The maximum absolute atomic E-state index is 2.80. The first kappa shape index (κ1) is 36.0. The fourth-order valence-electron chi connectivity index (χ4n) is 5.48. The summed E-state index contributed by atoms with van der Waals surface area (Å²) in [6.07, 6.45) is 39.3. The van der Waals surface area contributed by atoms with Gasteiger partial charge in [-0.05, 0) is 44.8 Å². The summed E-state index contributed by atoms with van der Waals surface area (Å²) in [5.74, 6) is 0.839. The topological polar surface area (TPSA) is 3.24 Å². The van der Waals surface area contributed by atoms with Crippen LogP contribution in [-0.4, -0.2) is 24.5 Å². The summed E-state index contributed by atoms with van der Waals surface area (Å²) in [6.45, 7) is 13.4. The Kier molecular flexibility index (Phi) is 31.1. The molecule has 0 heterocycles.